The topological polar surface area (TPSA) is 30.0 Å². The minimum absolute atomic E-state index is 0.363. The predicted octanol–water partition coefficient (Wildman–Crippen LogP) is 5.22. The number of ketones is 1. The van der Waals surface area contributed by atoms with Gasteiger partial charge in [-0.25, -0.2) is 9.37 Å². The van der Waals surface area contributed by atoms with Crippen LogP contribution in [0.5, 0.6) is 0 Å². The summed E-state index contributed by atoms with van der Waals surface area (Å²) in [6.45, 7) is 0. The lowest BCUT2D eigenvalue weighted by molar-refractivity contribution is 0.0939. The van der Waals surface area contributed by atoms with Crippen LogP contribution in [0.1, 0.15) is 10.4 Å². The Morgan fingerprint density at radius 2 is 2.00 bits per heavy atom. The van der Waals surface area contributed by atoms with Gasteiger partial charge in [0.1, 0.15) is 0 Å². The number of fused-ring (bicyclic) bond motifs is 1. The van der Waals surface area contributed by atoms with Gasteiger partial charge in [0.05, 0.1) is 10.2 Å². The number of benzene rings is 2. The molecule has 0 fully saturated rings. The van der Waals surface area contributed by atoms with Crippen LogP contribution in [0.4, 0.5) is 4.39 Å². The Morgan fingerprint density at radius 3 is 2.76 bits per heavy atom. The lowest BCUT2D eigenvalue weighted by atomic mass is 10.1. The summed E-state index contributed by atoms with van der Waals surface area (Å²) >= 11 is 8.06. The summed E-state index contributed by atoms with van der Waals surface area (Å²) in [5.41, 5.74) is -0.545. The number of alkyl halides is 1. The van der Waals surface area contributed by atoms with Crippen molar-refractivity contribution in [3.63, 3.8) is 0 Å². The highest BCUT2D eigenvalue weighted by molar-refractivity contribution is 8.02. The number of carbonyl (C=O) groups is 1. The fourth-order valence-corrected chi connectivity index (χ4v) is 4.06. The lowest BCUT2D eigenvalue weighted by Crippen LogP contribution is -2.11. The number of hydrogen-bond donors (Lipinski definition) is 0. The van der Waals surface area contributed by atoms with Gasteiger partial charge in [0.2, 0.25) is 11.3 Å². The van der Waals surface area contributed by atoms with E-state index in [1.54, 1.807) is 48.5 Å². The number of nitrogens with zero attached hydrogens (tertiary/aromatic N) is 1. The molecule has 3 aromatic rings. The van der Waals surface area contributed by atoms with Gasteiger partial charge >= 0.3 is 0 Å². The highest BCUT2D eigenvalue weighted by Crippen LogP contribution is 2.34. The number of rotatable bonds is 4. The van der Waals surface area contributed by atoms with Crippen LogP contribution in [0.2, 0.25) is 5.02 Å². The number of thiazole rings is 1. The van der Waals surface area contributed by atoms with E-state index in [1.807, 2.05) is 0 Å². The van der Waals surface area contributed by atoms with Gasteiger partial charge in [-0.05, 0) is 30.0 Å². The molecule has 6 heteroatoms. The average Bonchev–Trinajstić information content (AvgIpc) is 2.88. The molecule has 1 unspecified atom stereocenters. The summed E-state index contributed by atoms with van der Waals surface area (Å²) in [4.78, 5) is 16.3. The van der Waals surface area contributed by atoms with Crippen molar-refractivity contribution in [3.8, 4) is 0 Å². The van der Waals surface area contributed by atoms with E-state index in [9.17, 15) is 9.18 Å². The van der Waals surface area contributed by atoms with Crippen LogP contribution >= 0.6 is 34.7 Å². The molecule has 0 aliphatic rings. The predicted molar refractivity (Wildman–Crippen MR) is 86.2 cm³/mol. The highest BCUT2D eigenvalue weighted by atomic mass is 35.5. The quantitative estimate of drug-likeness (QED) is 0.483. The van der Waals surface area contributed by atoms with Crippen LogP contribution in [0.15, 0.2) is 52.9 Å². The number of aromatic nitrogens is 1. The van der Waals surface area contributed by atoms with Crippen molar-refractivity contribution in [2.75, 3.05) is 0 Å². The molecule has 0 amide bonds. The Kier molecular flexibility index (Phi) is 4.24. The molecule has 1 aromatic heterocycles. The minimum Gasteiger partial charge on any atom is -0.290 e. The van der Waals surface area contributed by atoms with Crippen molar-refractivity contribution in [2.45, 2.75) is 9.84 Å². The third-order valence-corrected chi connectivity index (χ3v) is 5.10. The van der Waals surface area contributed by atoms with Gasteiger partial charge in [-0.3, -0.25) is 4.79 Å². The maximum Gasteiger partial charge on any atom is 0.215 e. The van der Waals surface area contributed by atoms with Crippen molar-refractivity contribution in [2.24, 2.45) is 0 Å². The summed E-state index contributed by atoms with van der Waals surface area (Å²) in [7, 11) is 0. The molecule has 2 nitrogen and oxygen atoms in total. The molecule has 21 heavy (non-hydrogen) atoms. The molecule has 2 aromatic carbocycles. The second-order valence-electron chi connectivity index (χ2n) is 4.26. The SMILES string of the molecule is O=C(c1ccccc1)C(F)Sc1nc2ccc(Cl)cc2s1. The van der Waals surface area contributed by atoms with Gasteiger partial charge in [-0.2, -0.15) is 0 Å². The van der Waals surface area contributed by atoms with Gasteiger partial charge in [0.25, 0.3) is 0 Å². The molecular weight excluding hydrogens is 329 g/mol. The van der Waals surface area contributed by atoms with Crippen LogP contribution < -0.4 is 0 Å². The fourth-order valence-electron chi connectivity index (χ4n) is 1.80. The molecule has 0 radical (unpaired) electrons. The molecule has 106 valence electrons. The zero-order chi connectivity index (χ0) is 14.8. The first kappa shape index (κ1) is 14.5. The number of carbonyl (C=O) groups excluding carboxylic acids is 1. The molecule has 1 heterocycles. The number of thioether (sulfide) groups is 1. The first-order chi connectivity index (χ1) is 10.1. The first-order valence-electron chi connectivity index (χ1n) is 6.09. The van der Waals surface area contributed by atoms with E-state index in [0.717, 1.165) is 22.0 Å². The van der Waals surface area contributed by atoms with Crippen LogP contribution in [0, 0.1) is 0 Å². The molecular formula is C15H9ClFNOS2. The molecule has 0 spiro atoms. The highest BCUT2D eigenvalue weighted by Gasteiger charge is 2.22. The Hall–Kier alpha value is -1.43. The molecule has 1 atom stereocenters. The van der Waals surface area contributed by atoms with Crippen LogP contribution in [-0.2, 0) is 0 Å². The van der Waals surface area contributed by atoms with Crippen molar-refractivity contribution < 1.29 is 9.18 Å². The van der Waals surface area contributed by atoms with Gasteiger partial charge < -0.3 is 0 Å². The standard InChI is InChI=1S/C15H9ClFNOS2/c16-10-6-7-11-12(8-10)20-15(18-11)21-14(17)13(19)9-4-2-1-3-5-9/h1-8,14H. The zero-order valence-electron chi connectivity index (χ0n) is 10.6. The van der Waals surface area contributed by atoms with Crippen LogP contribution in [0.25, 0.3) is 10.2 Å². The summed E-state index contributed by atoms with van der Waals surface area (Å²) in [6.07, 6.45) is 0. The van der Waals surface area contributed by atoms with Crippen molar-refractivity contribution in [3.05, 3.63) is 59.1 Å². The van der Waals surface area contributed by atoms with E-state index in [2.05, 4.69) is 4.98 Å². The van der Waals surface area contributed by atoms with E-state index in [0.29, 0.717) is 14.9 Å². The Morgan fingerprint density at radius 1 is 1.24 bits per heavy atom. The fraction of sp³-hybridized carbons (Fsp3) is 0.0667. The molecule has 0 N–H and O–H groups in total. The number of halogens is 2. The van der Waals surface area contributed by atoms with Gasteiger partial charge in [0, 0.05) is 10.6 Å². The maximum absolute atomic E-state index is 14.1. The molecule has 0 aliphatic carbocycles. The monoisotopic (exact) mass is 337 g/mol. The Balaban J connectivity index is 1.80. The van der Waals surface area contributed by atoms with Gasteiger partial charge in [0.15, 0.2) is 4.34 Å². The van der Waals surface area contributed by atoms with Crippen molar-refractivity contribution in [1.29, 1.82) is 0 Å². The largest absolute Gasteiger partial charge is 0.290 e. The Bertz CT molecular complexity index is 791. The van der Waals surface area contributed by atoms with Crippen molar-refractivity contribution >= 4 is 50.7 Å². The molecule has 0 aliphatic heterocycles. The average molecular weight is 338 g/mol. The van der Waals surface area contributed by atoms with E-state index in [-0.39, 0.29) is 0 Å². The molecule has 0 saturated heterocycles. The van der Waals surface area contributed by atoms with E-state index >= 15 is 0 Å². The molecule has 0 saturated carbocycles. The first-order valence-corrected chi connectivity index (χ1v) is 8.17. The second kappa shape index (κ2) is 6.13. The molecule has 3 rings (SSSR count). The normalized spacial score (nSPS) is 12.5. The summed E-state index contributed by atoms with van der Waals surface area (Å²) in [6, 6.07) is 13.7. The Labute approximate surface area is 134 Å². The van der Waals surface area contributed by atoms with Crippen LogP contribution in [0.3, 0.4) is 0 Å². The summed E-state index contributed by atoms with van der Waals surface area (Å²) in [5.74, 6) is -0.544. The van der Waals surface area contributed by atoms with E-state index < -0.39 is 11.3 Å². The maximum atomic E-state index is 14.1. The second-order valence-corrected chi connectivity index (χ2v) is 7.02. The third-order valence-electron chi connectivity index (χ3n) is 2.80. The van der Waals surface area contributed by atoms with E-state index in [1.165, 1.54) is 11.3 Å². The lowest BCUT2D eigenvalue weighted by Gasteiger charge is -2.04. The minimum atomic E-state index is -1.66. The van der Waals surface area contributed by atoms with E-state index in [4.69, 9.17) is 11.6 Å². The van der Waals surface area contributed by atoms with Gasteiger partial charge in [-0.1, -0.05) is 41.9 Å². The third kappa shape index (κ3) is 3.26. The van der Waals surface area contributed by atoms with Crippen molar-refractivity contribution in [1.82, 2.24) is 4.98 Å². The summed E-state index contributed by atoms with van der Waals surface area (Å²) < 4.78 is 15.5. The number of hydrogen-bond acceptors (Lipinski definition) is 4. The van der Waals surface area contributed by atoms with Gasteiger partial charge in [-0.15, -0.1) is 11.3 Å². The summed E-state index contributed by atoms with van der Waals surface area (Å²) in [5, 5.41) is 0.611. The number of Topliss-reactive ketones (excluding diaryl/α,β-unsaturated/α-hetero) is 1. The smallest absolute Gasteiger partial charge is 0.215 e. The van der Waals surface area contributed by atoms with Crippen LogP contribution in [-0.4, -0.2) is 16.3 Å². The molecule has 0 bridgehead atoms. The zero-order valence-corrected chi connectivity index (χ0v) is 13.0.